The van der Waals surface area contributed by atoms with Crippen LogP contribution in [0.25, 0.3) is 0 Å². The summed E-state index contributed by atoms with van der Waals surface area (Å²) in [6.07, 6.45) is -4.22. The zero-order valence-corrected chi connectivity index (χ0v) is 22.0. The Morgan fingerprint density at radius 1 is 1.30 bits per heavy atom. The maximum absolute atomic E-state index is 15.5. The summed E-state index contributed by atoms with van der Waals surface area (Å²) in [6, 6.07) is 5.67. The number of benzene rings is 1. The van der Waals surface area contributed by atoms with Crippen LogP contribution in [-0.4, -0.2) is 62.1 Å². The van der Waals surface area contributed by atoms with Gasteiger partial charge in [0.25, 0.3) is 5.56 Å². The molecule has 202 valence electrons. The fourth-order valence-electron chi connectivity index (χ4n) is 3.46. The van der Waals surface area contributed by atoms with E-state index in [9.17, 15) is 24.1 Å². The molecular weight excluding hydrogens is 536 g/mol. The molecule has 3 rings (SSSR count). The molecule has 2 N–H and O–H groups in total. The molecule has 0 spiro atoms. The number of aliphatic hydroxyl groups is 1. The minimum atomic E-state index is -2.86. The summed E-state index contributed by atoms with van der Waals surface area (Å²) in [5.41, 5.74) is -4.12. The Morgan fingerprint density at radius 3 is 2.54 bits per heavy atom. The topological polar surface area (TPSA) is 149 Å². The van der Waals surface area contributed by atoms with E-state index in [1.165, 1.54) is 31.2 Å². The smallest absolute Gasteiger partial charge is 0.462 e. The molecule has 2 heterocycles. The zero-order chi connectivity index (χ0) is 27.5. The van der Waals surface area contributed by atoms with Crippen molar-refractivity contribution in [3.8, 4) is 5.75 Å². The van der Waals surface area contributed by atoms with Gasteiger partial charge in [-0.3, -0.25) is 24.0 Å². The maximum atomic E-state index is 15.5. The second-order valence-corrected chi connectivity index (χ2v) is 10.2. The number of ether oxygens (including phenoxy) is 2. The van der Waals surface area contributed by atoms with Crippen molar-refractivity contribution in [1.29, 1.82) is 0 Å². The highest BCUT2D eigenvalue weighted by molar-refractivity contribution is 7.36. The minimum Gasteiger partial charge on any atom is -0.462 e. The molecule has 12 nitrogen and oxygen atoms in total. The normalized spacial score (nSPS) is 24.8. The highest BCUT2D eigenvalue weighted by atomic mass is 35.5. The van der Waals surface area contributed by atoms with Crippen LogP contribution in [0.4, 0.5) is 4.39 Å². The molecule has 0 bridgehead atoms. The van der Waals surface area contributed by atoms with Crippen LogP contribution in [0, 0.1) is 0 Å². The number of carbonyl (C=O) groups excluding carboxylic acids is 1. The monoisotopic (exact) mass is 562 g/mol. The van der Waals surface area contributed by atoms with E-state index < -0.39 is 68.3 Å². The van der Waals surface area contributed by atoms with E-state index in [0.717, 1.165) is 28.6 Å². The van der Waals surface area contributed by atoms with E-state index in [1.54, 1.807) is 13.8 Å². The van der Waals surface area contributed by atoms with Gasteiger partial charge in [0, 0.05) is 21.9 Å². The van der Waals surface area contributed by atoms with Gasteiger partial charge in [-0.2, -0.15) is 0 Å². The van der Waals surface area contributed by atoms with E-state index >= 15 is 4.39 Å². The van der Waals surface area contributed by atoms with Crippen molar-refractivity contribution in [2.45, 2.75) is 63.9 Å². The molecule has 6 atom stereocenters. The van der Waals surface area contributed by atoms with Gasteiger partial charge in [-0.1, -0.05) is 11.6 Å². The van der Waals surface area contributed by atoms with E-state index in [1.807, 2.05) is 4.98 Å². The lowest BCUT2D eigenvalue weighted by Gasteiger charge is -2.24. The number of esters is 1. The maximum Gasteiger partial charge on any atom is 0.693 e. The molecule has 1 saturated heterocycles. The summed E-state index contributed by atoms with van der Waals surface area (Å²) < 4.78 is 45.4. The quantitative estimate of drug-likeness (QED) is 0.251. The van der Waals surface area contributed by atoms with Crippen LogP contribution in [0.3, 0.4) is 0 Å². The van der Waals surface area contributed by atoms with Gasteiger partial charge in [0.05, 0.1) is 10.9 Å². The number of nitrogens with zero attached hydrogens (tertiary/aromatic N) is 2. The Bertz CT molecular complexity index is 1240. The van der Waals surface area contributed by atoms with Gasteiger partial charge in [-0.05, 0) is 52.0 Å². The number of aromatic amines is 1. The van der Waals surface area contributed by atoms with Crippen molar-refractivity contribution < 1.29 is 37.7 Å². The Kier molecular flexibility index (Phi) is 9.22. The number of hydrogen-bond donors (Lipinski definition) is 2. The number of halogens is 2. The van der Waals surface area contributed by atoms with Crippen molar-refractivity contribution >= 4 is 25.7 Å². The Hall–Kier alpha value is -2.67. The second kappa shape index (κ2) is 11.8. The Labute approximate surface area is 216 Å². The summed E-state index contributed by atoms with van der Waals surface area (Å²) in [5.74, 6) is -0.617. The van der Waals surface area contributed by atoms with Crippen LogP contribution in [-0.2, 0) is 23.7 Å². The third-order valence-electron chi connectivity index (χ3n) is 5.37. The number of aliphatic hydroxyl groups excluding tert-OH is 1. The van der Waals surface area contributed by atoms with Gasteiger partial charge in [0.2, 0.25) is 0 Å². The van der Waals surface area contributed by atoms with Gasteiger partial charge in [0.15, 0.2) is 23.7 Å². The Morgan fingerprint density at radius 2 is 1.95 bits per heavy atom. The van der Waals surface area contributed by atoms with E-state index in [2.05, 4.69) is 0 Å². The number of nitrogens with one attached hydrogen (secondary N) is 1. The van der Waals surface area contributed by atoms with Gasteiger partial charge >= 0.3 is 19.8 Å². The number of alkyl halides is 1. The average molecular weight is 563 g/mol. The summed E-state index contributed by atoms with van der Waals surface area (Å²) in [7, 11) is -2.86. The minimum absolute atomic E-state index is 0.162. The third kappa shape index (κ3) is 6.81. The molecule has 1 aliphatic rings. The number of hydrogen-bond acceptors (Lipinski definition) is 9. The lowest BCUT2D eigenvalue weighted by atomic mass is 9.98. The van der Waals surface area contributed by atoms with Crippen LogP contribution >= 0.6 is 19.8 Å². The second-order valence-electron chi connectivity index (χ2n) is 8.68. The van der Waals surface area contributed by atoms with E-state index in [-0.39, 0.29) is 5.75 Å². The molecule has 2 unspecified atom stereocenters. The fraction of sp³-hybridized carbons (Fsp3) is 0.500. The first-order valence-electron chi connectivity index (χ1n) is 11.2. The predicted octanol–water partition coefficient (Wildman–Crippen LogP) is 2.49. The molecule has 0 aliphatic carbocycles. The first-order chi connectivity index (χ1) is 17.3. The van der Waals surface area contributed by atoms with Crippen molar-refractivity contribution in [2.24, 2.45) is 0 Å². The fourth-order valence-corrected chi connectivity index (χ4v) is 4.51. The van der Waals surface area contributed by atoms with Crippen molar-refractivity contribution in [1.82, 2.24) is 14.4 Å². The van der Waals surface area contributed by atoms with Crippen LogP contribution in [0.2, 0.25) is 5.02 Å². The first-order valence-corrected chi connectivity index (χ1v) is 12.7. The van der Waals surface area contributed by atoms with Crippen LogP contribution in [0.15, 0.2) is 46.1 Å². The molecule has 2 aromatic rings. The van der Waals surface area contributed by atoms with E-state index in [4.69, 9.17) is 30.4 Å². The summed E-state index contributed by atoms with van der Waals surface area (Å²) in [5, 5.41) is 11.0. The summed E-state index contributed by atoms with van der Waals surface area (Å²) in [4.78, 5) is 44.3. The van der Waals surface area contributed by atoms with Crippen molar-refractivity contribution in [2.75, 3.05) is 6.61 Å². The number of H-pyrrole nitrogens is 1. The number of aromatic nitrogens is 2. The molecule has 1 aromatic heterocycles. The zero-order valence-electron chi connectivity index (χ0n) is 20.4. The molecule has 1 fully saturated rings. The molecule has 0 saturated carbocycles. The molecule has 15 heteroatoms. The highest BCUT2D eigenvalue weighted by Crippen LogP contribution is 2.41. The molecule has 0 radical (unpaired) electrons. The third-order valence-corrected chi connectivity index (χ3v) is 6.78. The van der Waals surface area contributed by atoms with Gasteiger partial charge in [-0.25, -0.2) is 13.7 Å². The standard InChI is InChI=1S/C22H26ClFN3O9P/c1-12(2)34-19(30)13(3)27(37(32)36-15-7-5-14(23)6-8-15)33-11-16-18(29)22(4,24)20(35-16)26-10-9-17(28)25-21(26)31/h5-10,12-13,16,18,20,29H,11H2,1-4H3/p+1/t13?,16-,18-,20-,22-/m1/s1. The molecule has 37 heavy (non-hydrogen) atoms. The van der Waals surface area contributed by atoms with E-state index in [0.29, 0.717) is 5.02 Å². The SMILES string of the molecule is CC(C)OC(=O)C(C)N(OC[C@H]1O[C@@H](n2ccc(=O)[nH]c2=O)[C@](C)(F)[C@@H]1O)[P+](=O)Oc1ccc(Cl)cc1. The summed E-state index contributed by atoms with van der Waals surface area (Å²) >= 11 is 5.85. The average Bonchev–Trinajstić information content (AvgIpc) is 3.03. The number of hydroxylamine groups is 1. The summed E-state index contributed by atoms with van der Waals surface area (Å²) in [6.45, 7) is 5.05. The number of rotatable bonds is 10. The first kappa shape index (κ1) is 28.9. The Balaban J connectivity index is 1.80. The van der Waals surface area contributed by atoms with Crippen LogP contribution < -0.4 is 15.8 Å². The van der Waals surface area contributed by atoms with Gasteiger partial charge in [0.1, 0.15) is 18.8 Å². The van der Waals surface area contributed by atoms with Gasteiger partial charge in [-0.15, -0.1) is 0 Å². The van der Waals surface area contributed by atoms with Gasteiger partial charge < -0.3 is 14.6 Å². The van der Waals surface area contributed by atoms with Crippen molar-refractivity contribution in [3.63, 3.8) is 0 Å². The largest absolute Gasteiger partial charge is 0.693 e. The molecule has 0 amide bonds. The van der Waals surface area contributed by atoms with Crippen molar-refractivity contribution in [3.05, 3.63) is 62.4 Å². The molecule has 1 aromatic carbocycles. The lowest BCUT2D eigenvalue weighted by Crippen LogP contribution is -2.44. The predicted molar refractivity (Wildman–Crippen MR) is 129 cm³/mol. The number of carbonyl (C=O) groups is 1. The van der Waals surface area contributed by atoms with Crippen LogP contribution in [0.5, 0.6) is 5.75 Å². The highest BCUT2D eigenvalue weighted by Gasteiger charge is 2.56. The van der Waals surface area contributed by atoms with Crippen LogP contribution in [0.1, 0.15) is 33.9 Å². The molecular formula is C22H27ClFN3O9P+. The lowest BCUT2D eigenvalue weighted by molar-refractivity contribution is -0.183. The molecule has 1 aliphatic heterocycles.